The number of ketones is 1. The maximum atomic E-state index is 12.9. The van der Waals surface area contributed by atoms with Gasteiger partial charge in [0.15, 0.2) is 11.9 Å². The van der Waals surface area contributed by atoms with Crippen LogP contribution in [0.5, 0.6) is 0 Å². The molecule has 7 atom stereocenters. The number of ether oxygens (including phenoxy) is 4. The number of nitrogens with one attached hydrogen (secondary N) is 1. The van der Waals surface area contributed by atoms with E-state index in [2.05, 4.69) is 5.32 Å². The lowest BCUT2D eigenvalue weighted by atomic mass is 9.85. The molecule has 11 heteroatoms. The highest BCUT2D eigenvalue weighted by Gasteiger charge is 2.34. The van der Waals surface area contributed by atoms with Crippen molar-refractivity contribution >= 4 is 17.8 Å². The summed E-state index contributed by atoms with van der Waals surface area (Å²) in [6, 6.07) is 0. The SMILES string of the molecule is COC1=C2C[C@@H](C)C[C@H](OC)[C@H](O)[C@@H](C)/C=C(\C)[C@H](OC(N)=O)[C@@H](OC)/C=C\C=C(/C)C(=O)NC(=CC1=O)C2O. The molecule has 222 valence electrons. The van der Waals surface area contributed by atoms with E-state index in [1.165, 1.54) is 27.4 Å². The highest BCUT2D eigenvalue weighted by Crippen LogP contribution is 2.31. The average Bonchev–Trinajstić information content (AvgIpc) is 2.90. The normalized spacial score (nSPS) is 34.5. The van der Waals surface area contributed by atoms with Gasteiger partial charge in [-0.1, -0.05) is 38.2 Å². The Balaban J connectivity index is 2.59. The van der Waals surface area contributed by atoms with Gasteiger partial charge in [-0.25, -0.2) is 4.79 Å². The first-order chi connectivity index (χ1) is 18.8. The smallest absolute Gasteiger partial charge is 0.405 e. The molecule has 1 unspecified atom stereocenters. The number of carbonyl (C=O) groups is 3. The first kappa shape index (κ1) is 33.0. The lowest BCUT2D eigenvalue weighted by Gasteiger charge is -2.31. The zero-order valence-corrected chi connectivity index (χ0v) is 24.2. The van der Waals surface area contributed by atoms with Gasteiger partial charge in [0.2, 0.25) is 5.78 Å². The van der Waals surface area contributed by atoms with Gasteiger partial charge in [-0.3, -0.25) is 9.59 Å². The standard InChI is InChI=1S/C29H42N2O9/c1-15-11-19-25(34)20(14-21(32)27(19)39-7)31-28(35)16(2)9-8-10-22(37-5)26(40-29(30)36)18(4)13-17(3)24(33)23(12-15)38-6/h8-10,13-15,17,22-26,33-34H,11-12H2,1-7H3,(H2,30,36)(H,31,35)/b10-8-,16-9+,18-13+/t15-,17+,22+,23+,24-,25?,26+/m1/s1. The lowest BCUT2D eigenvalue weighted by Crippen LogP contribution is -2.37. The van der Waals surface area contributed by atoms with Crippen molar-refractivity contribution in [2.75, 3.05) is 21.3 Å². The first-order valence-electron chi connectivity index (χ1n) is 13.1. The summed E-state index contributed by atoms with van der Waals surface area (Å²) in [6.45, 7) is 7.02. The molecule has 2 aliphatic rings. The van der Waals surface area contributed by atoms with E-state index >= 15 is 0 Å². The number of fused-ring (bicyclic) bond motifs is 2. The fourth-order valence-electron chi connectivity index (χ4n) is 4.94. The van der Waals surface area contributed by atoms with E-state index in [0.717, 1.165) is 6.08 Å². The number of rotatable bonds is 4. The van der Waals surface area contributed by atoms with Gasteiger partial charge in [0, 0.05) is 37.4 Å². The number of aliphatic hydroxyl groups excluding tert-OH is 2. The van der Waals surface area contributed by atoms with Crippen molar-refractivity contribution in [2.45, 2.75) is 71.1 Å². The van der Waals surface area contributed by atoms with Crippen LogP contribution in [0.15, 0.2) is 58.6 Å². The molecule has 0 radical (unpaired) electrons. The number of hydrogen-bond donors (Lipinski definition) is 4. The summed E-state index contributed by atoms with van der Waals surface area (Å²) in [6.07, 6.45) is 2.75. The van der Waals surface area contributed by atoms with Crippen molar-refractivity contribution in [3.05, 3.63) is 58.6 Å². The fourth-order valence-corrected chi connectivity index (χ4v) is 4.94. The predicted molar refractivity (Wildman–Crippen MR) is 148 cm³/mol. The third-order valence-electron chi connectivity index (χ3n) is 7.11. The number of carbonyl (C=O) groups excluding carboxylic acids is 3. The molecule has 2 bridgehead atoms. The largest absolute Gasteiger partial charge is 0.493 e. The van der Waals surface area contributed by atoms with Gasteiger partial charge in [0.05, 0.1) is 25.0 Å². The maximum absolute atomic E-state index is 12.9. The van der Waals surface area contributed by atoms with Crippen LogP contribution in [0.3, 0.4) is 0 Å². The second-order valence-electron chi connectivity index (χ2n) is 10.3. The minimum atomic E-state index is -1.27. The van der Waals surface area contributed by atoms with Crippen LogP contribution in [-0.2, 0) is 28.5 Å². The summed E-state index contributed by atoms with van der Waals surface area (Å²) >= 11 is 0. The molecule has 0 aromatic rings. The zero-order chi connectivity index (χ0) is 30.1. The van der Waals surface area contributed by atoms with Crippen LogP contribution in [0, 0.1) is 11.8 Å². The molecular weight excluding hydrogens is 520 g/mol. The monoisotopic (exact) mass is 562 g/mol. The lowest BCUT2D eigenvalue weighted by molar-refractivity contribution is -0.117. The molecule has 11 nitrogen and oxygen atoms in total. The summed E-state index contributed by atoms with van der Waals surface area (Å²) in [7, 11) is 4.28. The van der Waals surface area contributed by atoms with Gasteiger partial charge in [0.1, 0.15) is 12.2 Å². The highest BCUT2D eigenvalue weighted by atomic mass is 16.6. The molecule has 0 saturated carbocycles. The third-order valence-corrected chi connectivity index (χ3v) is 7.11. The number of hydrogen-bond acceptors (Lipinski definition) is 9. The summed E-state index contributed by atoms with van der Waals surface area (Å²) in [5.74, 6) is -1.56. The van der Waals surface area contributed by atoms with Crippen molar-refractivity contribution in [1.29, 1.82) is 0 Å². The summed E-state index contributed by atoms with van der Waals surface area (Å²) in [4.78, 5) is 37.4. The Hall–Kier alpha value is -3.25. The second kappa shape index (κ2) is 14.9. The van der Waals surface area contributed by atoms with E-state index in [-0.39, 0.29) is 29.4 Å². The first-order valence-corrected chi connectivity index (χ1v) is 13.1. The van der Waals surface area contributed by atoms with E-state index in [1.807, 2.05) is 13.8 Å². The minimum absolute atomic E-state index is 0.0194. The number of primary amides is 1. The fraction of sp³-hybridized carbons (Fsp3) is 0.552. The Morgan fingerprint density at radius 2 is 1.77 bits per heavy atom. The quantitative estimate of drug-likeness (QED) is 0.376. The molecule has 0 aromatic heterocycles. The highest BCUT2D eigenvalue weighted by molar-refractivity contribution is 6.06. The molecule has 1 aliphatic carbocycles. The van der Waals surface area contributed by atoms with Crippen LogP contribution in [0.4, 0.5) is 4.79 Å². The molecular formula is C29H42N2O9. The van der Waals surface area contributed by atoms with Crippen LogP contribution >= 0.6 is 0 Å². The zero-order valence-electron chi connectivity index (χ0n) is 24.2. The summed E-state index contributed by atoms with van der Waals surface area (Å²) < 4.78 is 21.8. The maximum Gasteiger partial charge on any atom is 0.405 e. The molecule has 2 rings (SSSR count). The molecule has 5 N–H and O–H groups in total. The van der Waals surface area contributed by atoms with Crippen molar-refractivity contribution in [3.8, 4) is 0 Å². The van der Waals surface area contributed by atoms with E-state index in [0.29, 0.717) is 17.6 Å². The van der Waals surface area contributed by atoms with Gasteiger partial charge in [-0.05, 0) is 38.2 Å². The Bertz CT molecular complexity index is 1100. The van der Waals surface area contributed by atoms with Gasteiger partial charge in [-0.15, -0.1) is 0 Å². The second-order valence-corrected chi connectivity index (χ2v) is 10.3. The van der Waals surface area contributed by atoms with Crippen LogP contribution in [0.2, 0.25) is 0 Å². The molecule has 0 spiro atoms. The number of nitrogens with two attached hydrogens (primary N) is 1. The van der Waals surface area contributed by atoms with E-state index < -0.39 is 54.2 Å². The molecule has 2 amide bonds. The Morgan fingerprint density at radius 1 is 1.10 bits per heavy atom. The van der Waals surface area contributed by atoms with Crippen LogP contribution in [0.25, 0.3) is 0 Å². The Kier molecular flexibility index (Phi) is 12.3. The van der Waals surface area contributed by atoms with Crippen molar-refractivity contribution in [2.24, 2.45) is 17.6 Å². The van der Waals surface area contributed by atoms with Gasteiger partial charge < -0.3 is 40.2 Å². The molecule has 0 aromatic carbocycles. The number of aliphatic hydroxyl groups is 2. The van der Waals surface area contributed by atoms with Crippen molar-refractivity contribution < 1.29 is 43.5 Å². The number of methoxy groups -OCH3 is 3. The molecule has 0 fully saturated rings. The predicted octanol–water partition coefficient (Wildman–Crippen LogP) is 2.20. The van der Waals surface area contributed by atoms with Crippen molar-refractivity contribution in [3.63, 3.8) is 0 Å². The molecule has 0 saturated heterocycles. The minimum Gasteiger partial charge on any atom is -0.493 e. The summed E-state index contributed by atoms with van der Waals surface area (Å²) in [5.41, 5.74) is 6.57. The molecule has 1 aliphatic heterocycles. The average molecular weight is 563 g/mol. The van der Waals surface area contributed by atoms with Gasteiger partial charge in [-0.2, -0.15) is 0 Å². The van der Waals surface area contributed by atoms with Crippen LogP contribution < -0.4 is 11.1 Å². The van der Waals surface area contributed by atoms with E-state index in [9.17, 15) is 24.6 Å². The van der Waals surface area contributed by atoms with Crippen molar-refractivity contribution in [1.82, 2.24) is 5.32 Å². The van der Waals surface area contributed by atoms with Crippen LogP contribution in [-0.4, -0.2) is 79.8 Å². The Morgan fingerprint density at radius 3 is 2.35 bits per heavy atom. The Labute approximate surface area is 235 Å². The molecule has 40 heavy (non-hydrogen) atoms. The topological polar surface area (TPSA) is 167 Å². The third kappa shape index (κ3) is 8.37. The number of amides is 2. The summed E-state index contributed by atoms with van der Waals surface area (Å²) in [5, 5.41) is 24.9. The van der Waals surface area contributed by atoms with E-state index in [1.54, 1.807) is 32.1 Å². The van der Waals surface area contributed by atoms with Crippen LogP contribution in [0.1, 0.15) is 40.5 Å². The van der Waals surface area contributed by atoms with E-state index in [4.69, 9.17) is 24.7 Å². The van der Waals surface area contributed by atoms with Gasteiger partial charge >= 0.3 is 6.09 Å². The number of allylic oxidation sites excluding steroid dienone is 3. The molecule has 1 heterocycles. The van der Waals surface area contributed by atoms with Gasteiger partial charge in [0.25, 0.3) is 5.91 Å².